The van der Waals surface area contributed by atoms with Crippen LogP contribution in [0.1, 0.15) is 0 Å². The molecule has 4 N–H and O–H groups in total. The predicted molar refractivity (Wildman–Crippen MR) is 162 cm³/mol. The van der Waals surface area contributed by atoms with Gasteiger partial charge >= 0.3 is 0 Å². The maximum Gasteiger partial charge on any atom is 0.183 e. The number of benzene rings is 1. The van der Waals surface area contributed by atoms with E-state index >= 15 is 0 Å². The molecule has 0 radical (unpaired) electrons. The lowest BCUT2D eigenvalue weighted by atomic mass is 9.99. The molecule has 0 aliphatic rings. The van der Waals surface area contributed by atoms with Gasteiger partial charge in [-0.25, -0.2) is 24.3 Å². The second kappa shape index (κ2) is 11.0. The smallest absolute Gasteiger partial charge is 0.183 e. The zero-order valence-corrected chi connectivity index (χ0v) is 22.4. The number of aromatic nitrogens is 8. The normalized spacial score (nSPS) is 11.0. The quantitative estimate of drug-likeness (QED) is 0.213. The Morgan fingerprint density at radius 1 is 0.791 bits per heavy atom. The molecule has 0 aliphatic heterocycles. The molecular weight excluding hydrogens is 545 g/mol. The zero-order chi connectivity index (χ0) is 29.2. The van der Waals surface area contributed by atoms with E-state index in [1.165, 1.54) is 18.5 Å². The molecule has 0 bridgehead atoms. The van der Waals surface area contributed by atoms with Crippen LogP contribution in [0.2, 0.25) is 0 Å². The number of fused-ring (bicyclic) bond motifs is 2. The lowest BCUT2D eigenvalue weighted by molar-refractivity contribution is 0.580. The Hall–Kier alpha value is -6.23. The van der Waals surface area contributed by atoms with Gasteiger partial charge in [-0.2, -0.15) is 5.10 Å². The van der Waals surface area contributed by atoms with Crippen molar-refractivity contribution in [1.82, 2.24) is 40.1 Å². The molecule has 1 aromatic carbocycles. The Bertz CT molecular complexity index is 2160. The summed E-state index contributed by atoms with van der Waals surface area (Å²) < 4.78 is 19.1. The number of aromatic amines is 2. The van der Waals surface area contributed by atoms with Crippen LogP contribution in [-0.2, 0) is 0 Å². The first kappa shape index (κ1) is 25.7. The summed E-state index contributed by atoms with van der Waals surface area (Å²) in [5.41, 5.74) is 12.9. The van der Waals surface area contributed by atoms with Crippen molar-refractivity contribution in [2.75, 3.05) is 5.73 Å². The van der Waals surface area contributed by atoms with Gasteiger partial charge in [0.15, 0.2) is 11.4 Å². The molecule has 7 aromatic heterocycles. The Morgan fingerprint density at radius 3 is 2.47 bits per heavy atom. The molecule has 208 valence electrons. The number of hydrogen-bond acceptors (Lipinski definition) is 8. The Labute approximate surface area is 243 Å². The topological polar surface area (TPSA) is 148 Å². The fraction of sp³-hybridized carbons (Fsp3) is 0. The van der Waals surface area contributed by atoms with E-state index in [0.717, 1.165) is 50.1 Å². The molecule has 0 aliphatic carbocycles. The van der Waals surface area contributed by atoms with Crippen LogP contribution in [0.5, 0.6) is 0 Å². The van der Waals surface area contributed by atoms with Gasteiger partial charge in [0.2, 0.25) is 0 Å². The Kier molecular flexibility index (Phi) is 6.56. The predicted octanol–water partition coefficient (Wildman–Crippen LogP) is 6.69. The summed E-state index contributed by atoms with van der Waals surface area (Å²) in [6.45, 7) is 0. The highest BCUT2D eigenvalue weighted by molar-refractivity contribution is 5.94. The number of H-pyrrole nitrogens is 2. The summed E-state index contributed by atoms with van der Waals surface area (Å²) >= 11 is 0. The van der Waals surface area contributed by atoms with Crippen molar-refractivity contribution in [2.45, 2.75) is 0 Å². The van der Waals surface area contributed by atoms with E-state index < -0.39 is 0 Å². The lowest BCUT2D eigenvalue weighted by Crippen LogP contribution is -1.93. The lowest BCUT2D eigenvalue weighted by Gasteiger charge is -2.10. The average Bonchev–Trinajstić information content (AvgIpc) is 3.83. The van der Waals surface area contributed by atoms with E-state index in [4.69, 9.17) is 10.2 Å². The van der Waals surface area contributed by atoms with Gasteiger partial charge in [0, 0.05) is 46.9 Å². The summed E-state index contributed by atoms with van der Waals surface area (Å²) in [5, 5.41) is 8.59. The SMILES string of the molecule is Fc1cccc(-c2nc3[nH]ccc3cc2-c2ccncc2)c1.Nc1[nH]nc2nc(-c3ccco3)c(-c3ccncn3)cc12. The maximum atomic E-state index is 13.6. The highest BCUT2D eigenvalue weighted by atomic mass is 19.1. The van der Waals surface area contributed by atoms with Gasteiger partial charge in [-0.1, -0.05) is 12.1 Å². The number of nitrogens with zero attached hydrogens (tertiary/aromatic N) is 6. The monoisotopic (exact) mass is 567 g/mol. The van der Waals surface area contributed by atoms with Crippen molar-refractivity contribution in [3.63, 3.8) is 0 Å². The highest BCUT2D eigenvalue weighted by Crippen LogP contribution is 2.34. The number of furan rings is 1. The van der Waals surface area contributed by atoms with E-state index in [1.807, 2.05) is 54.7 Å². The summed E-state index contributed by atoms with van der Waals surface area (Å²) in [5.74, 6) is 0.845. The third kappa shape index (κ3) is 5.06. The molecule has 0 saturated carbocycles. The molecular formula is C32H22FN9O. The summed E-state index contributed by atoms with van der Waals surface area (Å²) in [7, 11) is 0. The molecule has 0 amide bonds. The second-order valence-corrected chi connectivity index (χ2v) is 9.51. The highest BCUT2D eigenvalue weighted by Gasteiger charge is 2.17. The van der Waals surface area contributed by atoms with Gasteiger partial charge in [0.25, 0.3) is 0 Å². The fourth-order valence-corrected chi connectivity index (χ4v) is 4.80. The van der Waals surface area contributed by atoms with Gasteiger partial charge in [0.1, 0.15) is 29.3 Å². The van der Waals surface area contributed by atoms with Gasteiger partial charge in [-0.05, 0) is 66.2 Å². The van der Waals surface area contributed by atoms with Gasteiger partial charge in [-0.3, -0.25) is 10.1 Å². The molecule has 7 heterocycles. The number of halogens is 1. The Balaban J connectivity index is 0.000000140. The number of hydrogen-bond donors (Lipinski definition) is 3. The largest absolute Gasteiger partial charge is 0.463 e. The average molecular weight is 568 g/mol. The molecule has 11 heteroatoms. The number of rotatable bonds is 4. The van der Waals surface area contributed by atoms with E-state index in [-0.39, 0.29) is 5.82 Å². The van der Waals surface area contributed by atoms with Crippen molar-refractivity contribution in [1.29, 1.82) is 0 Å². The van der Waals surface area contributed by atoms with Crippen LogP contribution in [0, 0.1) is 5.82 Å². The summed E-state index contributed by atoms with van der Waals surface area (Å²) in [6.07, 6.45) is 10.1. The number of nitrogen functional groups attached to an aromatic ring is 1. The molecule has 43 heavy (non-hydrogen) atoms. The van der Waals surface area contributed by atoms with Crippen LogP contribution in [0.3, 0.4) is 0 Å². The van der Waals surface area contributed by atoms with Crippen molar-refractivity contribution in [3.05, 3.63) is 116 Å². The Morgan fingerprint density at radius 2 is 1.67 bits per heavy atom. The van der Waals surface area contributed by atoms with Crippen molar-refractivity contribution >= 4 is 27.9 Å². The van der Waals surface area contributed by atoms with Crippen LogP contribution >= 0.6 is 0 Å². The van der Waals surface area contributed by atoms with E-state index in [9.17, 15) is 4.39 Å². The van der Waals surface area contributed by atoms with Gasteiger partial charge < -0.3 is 15.1 Å². The van der Waals surface area contributed by atoms with Crippen molar-refractivity contribution in [3.8, 4) is 45.1 Å². The second-order valence-electron chi connectivity index (χ2n) is 9.51. The number of anilines is 1. The van der Waals surface area contributed by atoms with Crippen LogP contribution in [0.4, 0.5) is 10.2 Å². The molecule has 10 nitrogen and oxygen atoms in total. The summed E-state index contributed by atoms with van der Waals surface area (Å²) in [4.78, 5) is 24.6. The van der Waals surface area contributed by atoms with Crippen LogP contribution in [-0.4, -0.2) is 40.1 Å². The van der Waals surface area contributed by atoms with E-state index in [2.05, 4.69) is 46.2 Å². The first-order valence-corrected chi connectivity index (χ1v) is 13.2. The summed E-state index contributed by atoms with van der Waals surface area (Å²) in [6, 6.07) is 21.8. The van der Waals surface area contributed by atoms with E-state index in [0.29, 0.717) is 22.9 Å². The van der Waals surface area contributed by atoms with Crippen molar-refractivity contribution in [2.24, 2.45) is 0 Å². The maximum absolute atomic E-state index is 13.6. The minimum absolute atomic E-state index is 0.272. The van der Waals surface area contributed by atoms with Crippen LogP contribution in [0.25, 0.3) is 67.2 Å². The molecule has 8 rings (SSSR count). The molecule has 0 atom stereocenters. The van der Waals surface area contributed by atoms with Crippen LogP contribution in [0.15, 0.2) is 115 Å². The minimum atomic E-state index is -0.272. The number of nitrogens with one attached hydrogen (secondary N) is 2. The third-order valence-corrected chi connectivity index (χ3v) is 6.81. The molecule has 0 saturated heterocycles. The first-order chi connectivity index (χ1) is 21.1. The molecule has 0 unspecified atom stereocenters. The molecule has 8 aromatic rings. The minimum Gasteiger partial charge on any atom is -0.463 e. The fourth-order valence-electron chi connectivity index (χ4n) is 4.80. The van der Waals surface area contributed by atoms with Gasteiger partial charge in [-0.15, -0.1) is 0 Å². The van der Waals surface area contributed by atoms with E-state index in [1.54, 1.807) is 30.9 Å². The molecule has 0 fully saturated rings. The van der Waals surface area contributed by atoms with Crippen LogP contribution < -0.4 is 5.73 Å². The molecule has 0 spiro atoms. The number of pyridine rings is 3. The first-order valence-electron chi connectivity index (χ1n) is 13.2. The third-order valence-electron chi connectivity index (χ3n) is 6.81. The zero-order valence-electron chi connectivity index (χ0n) is 22.4. The number of nitrogens with two attached hydrogens (primary N) is 1. The van der Waals surface area contributed by atoms with Gasteiger partial charge in [0.05, 0.1) is 23.0 Å². The standard InChI is InChI=1S/C18H12FN3.C14H10N6O/c19-15-3-1-2-13(10-15)17-16(12-4-7-20-8-5-12)11-14-6-9-21-18(14)22-17;15-13-9-6-8(10-3-4-16-7-17-10)12(11-2-1-5-21-11)18-14(9)20-19-13/h1-11H,(H,21,22);1-7H,(H3,15,18,19,20). The van der Waals surface area contributed by atoms with Crippen molar-refractivity contribution < 1.29 is 8.81 Å².